The van der Waals surface area contributed by atoms with Crippen LogP contribution in [0.25, 0.3) is 22.4 Å². The van der Waals surface area contributed by atoms with E-state index in [-0.39, 0.29) is 5.91 Å². The number of anilines is 1. The Bertz CT molecular complexity index is 1320. The second kappa shape index (κ2) is 9.28. The molecule has 1 amide bonds. The summed E-state index contributed by atoms with van der Waals surface area (Å²) in [6.07, 6.45) is -0.522. The SMILES string of the molecule is CCC(OC(=O)c1ccc2nc(-c3ccc(C)cc3)[nH]c2c1)C(=O)Nc1ccc(C)c(C)c1. The quantitative estimate of drug-likeness (QED) is 0.374. The lowest BCUT2D eigenvalue weighted by atomic mass is 10.1. The number of aromatic amines is 1. The third kappa shape index (κ3) is 4.95. The Balaban J connectivity index is 1.48. The van der Waals surface area contributed by atoms with Gasteiger partial charge >= 0.3 is 5.97 Å². The van der Waals surface area contributed by atoms with Gasteiger partial charge in [-0.2, -0.15) is 0 Å². The van der Waals surface area contributed by atoms with Crippen LogP contribution in [0.2, 0.25) is 0 Å². The van der Waals surface area contributed by atoms with E-state index < -0.39 is 12.1 Å². The molecule has 3 aromatic carbocycles. The van der Waals surface area contributed by atoms with Gasteiger partial charge in [-0.05, 0) is 68.7 Å². The molecule has 2 N–H and O–H groups in total. The molecule has 0 saturated heterocycles. The van der Waals surface area contributed by atoms with Crippen LogP contribution in [0.5, 0.6) is 0 Å². The fraction of sp³-hybridized carbons (Fsp3) is 0.222. The predicted octanol–water partition coefficient (Wildman–Crippen LogP) is 5.73. The Labute approximate surface area is 193 Å². The minimum absolute atomic E-state index is 0.349. The maximum absolute atomic E-state index is 12.8. The van der Waals surface area contributed by atoms with Crippen molar-refractivity contribution < 1.29 is 14.3 Å². The molecule has 6 nitrogen and oxygen atoms in total. The molecule has 0 aliphatic carbocycles. The number of imidazole rings is 1. The molecule has 33 heavy (non-hydrogen) atoms. The second-order valence-electron chi connectivity index (χ2n) is 8.27. The van der Waals surface area contributed by atoms with E-state index in [1.807, 2.05) is 70.2 Å². The molecule has 0 spiro atoms. The number of hydrogen-bond acceptors (Lipinski definition) is 4. The number of rotatable bonds is 6. The highest BCUT2D eigenvalue weighted by molar-refractivity contribution is 5.99. The van der Waals surface area contributed by atoms with Gasteiger partial charge < -0.3 is 15.0 Å². The Kier molecular flexibility index (Phi) is 6.27. The number of aromatic nitrogens is 2. The molecule has 0 aliphatic heterocycles. The maximum atomic E-state index is 12.8. The first-order chi connectivity index (χ1) is 15.8. The highest BCUT2D eigenvalue weighted by atomic mass is 16.5. The number of ether oxygens (including phenoxy) is 1. The fourth-order valence-electron chi connectivity index (χ4n) is 3.55. The van der Waals surface area contributed by atoms with Gasteiger partial charge in [-0.15, -0.1) is 0 Å². The van der Waals surface area contributed by atoms with E-state index in [0.29, 0.717) is 17.7 Å². The van der Waals surface area contributed by atoms with Gasteiger partial charge in [0.1, 0.15) is 5.82 Å². The van der Waals surface area contributed by atoms with E-state index in [1.165, 1.54) is 5.56 Å². The minimum atomic E-state index is -0.889. The van der Waals surface area contributed by atoms with Crippen molar-refractivity contribution in [2.45, 2.75) is 40.2 Å². The normalized spacial score (nSPS) is 11.9. The smallest absolute Gasteiger partial charge is 0.338 e. The summed E-state index contributed by atoms with van der Waals surface area (Å²) in [5, 5.41) is 2.84. The fourth-order valence-corrected chi connectivity index (χ4v) is 3.55. The lowest BCUT2D eigenvalue weighted by Gasteiger charge is -2.16. The van der Waals surface area contributed by atoms with E-state index in [1.54, 1.807) is 18.2 Å². The van der Waals surface area contributed by atoms with Gasteiger partial charge in [-0.3, -0.25) is 4.79 Å². The van der Waals surface area contributed by atoms with Crippen molar-refractivity contribution in [3.05, 3.63) is 82.9 Å². The highest BCUT2D eigenvalue weighted by Gasteiger charge is 2.22. The number of esters is 1. The first-order valence-electron chi connectivity index (χ1n) is 11.0. The predicted molar refractivity (Wildman–Crippen MR) is 130 cm³/mol. The zero-order valence-electron chi connectivity index (χ0n) is 19.2. The van der Waals surface area contributed by atoms with Gasteiger partial charge in [0, 0.05) is 11.3 Å². The van der Waals surface area contributed by atoms with Gasteiger partial charge in [-0.1, -0.05) is 42.8 Å². The summed E-state index contributed by atoms with van der Waals surface area (Å²) in [5.41, 5.74) is 6.89. The summed E-state index contributed by atoms with van der Waals surface area (Å²) in [7, 11) is 0. The van der Waals surface area contributed by atoms with E-state index in [9.17, 15) is 9.59 Å². The molecular weight excluding hydrogens is 414 g/mol. The molecular formula is C27H27N3O3. The zero-order chi connectivity index (χ0) is 23.5. The molecule has 0 aliphatic rings. The first-order valence-corrected chi connectivity index (χ1v) is 11.0. The molecule has 0 bridgehead atoms. The number of carbonyl (C=O) groups excluding carboxylic acids is 2. The molecule has 1 atom stereocenters. The molecule has 1 unspecified atom stereocenters. The summed E-state index contributed by atoms with van der Waals surface area (Å²) in [6.45, 7) is 7.84. The number of fused-ring (bicyclic) bond motifs is 1. The number of hydrogen-bond donors (Lipinski definition) is 2. The second-order valence-corrected chi connectivity index (χ2v) is 8.27. The average molecular weight is 442 g/mol. The van der Waals surface area contributed by atoms with Gasteiger partial charge in [0.25, 0.3) is 5.91 Å². The molecule has 0 saturated carbocycles. The Morgan fingerprint density at radius 1 is 0.970 bits per heavy atom. The Morgan fingerprint density at radius 2 is 1.73 bits per heavy atom. The van der Waals surface area contributed by atoms with Crippen molar-refractivity contribution in [3.8, 4) is 11.4 Å². The van der Waals surface area contributed by atoms with Crippen LogP contribution in [0.15, 0.2) is 60.7 Å². The molecule has 6 heteroatoms. The van der Waals surface area contributed by atoms with Crippen LogP contribution in [0.4, 0.5) is 5.69 Å². The van der Waals surface area contributed by atoms with Gasteiger partial charge in [-0.25, -0.2) is 9.78 Å². The van der Waals surface area contributed by atoms with Crippen LogP contribution in [0, 0.1) is 20.8 Å². The molecule has 4 aromatic rings. The van der Waals surface area contributed by atoms with E-state index in [0.717, 1.165) is 33.5 Å². The van der Waals surface area contributed by atoms with Crippen molar-refractivity contribution in [1.82, 2.24) is 9.97 Å². The van der Waals surface area contributed by atoms with E-state index >= 15 is 0 Å². The van der Waals surface area contributed by atoms with Crippen molar-refractivity contribution in [2.24, 2.45) is 0 Å². The number of carbonyl (C=O) groups is 2. The van der Waals surface area contributed by atoms with Crippen LogP contribution < -0.4 is 5.32 Å². The summed E-state index contributed by atoms with van der Waals surface area (Å²) < 4.78 is 5.54. The third-order valence-corrected chi connectivity index (χ3v) is 5.73. The van der Waals surface area contributed by atoms with Crippen LogP contribution in [0.3, 0.4) is 0 Å². The topological polar surface area (TPSA) is 84.1 Å². The first kappa shape index (κ1) is 22.3. The Morgan fingerprint density at radius 3 is 2.42 bits per heavy atom. The molecule has 0 fully saturated rings. The van der Waals surface area contributed by atoms with Crippen LogP contribution >= 0.6 is 0 Å². The number of H-pyrrole nitrogens is 1. The van der Waals surface area contributed by atoms with Gasteiger partial charge in [0.05, 0.1) is 16.6 Å². The highest BCUT2D eigenvalue weighted by Crippen LogP contribution is 2.22. The minimum Gasteiger partial charge on any atom is -0.449 e. The van der Waals surface area contributed by atoms with Crippen molar-refractivity contribution in [1.29, 1.82) is 0 Å². The van der Waals surface area contributed by atoms with Crippen molar-refractivity contribution in [2.75, 3.05) is 5.32 Å². The van der Waals surface area contributed by atoms with Crippen molar-refractivity contribution >= 4 is 28.6 Å². The van der Waals surface area contributed by atoms with E-state index in [2.05, 4.69) is 15.3 Å². The zero-order valence-corrected chi connectivity index (χ0v) is 19.2. The molecule has 0 radical (unpaired) electrons. The number of nitrogens with zero attached hydrogens (tertiary/aromatic N) is 1. The summed E-state index contributed by atoms with van der Waals surface area (Å²) in [6, 6.07) is 18.9. The standard InChI is InChI=1S/C27H27N3O3/c1-5-24(26(31)28-21-12-8-17(3)18(4)14-21)33-27(32)20-11-13-22-23(15-20)30-25(29-22)19-9-6-16(2)7-10-19/h6-15,24H,5H2,1-4H3,(H,28,31)(H,29,30). The summed E-state index contributed by atoms with van der Waals surface area (Å²) in [5.74, 6) is -0.168. The molecule has 168 valence electrons. The number of benzene rings is 3. The number of aryl methyl sites for hydroxylation is 3. The largest absolute Gasteiger partial charge is 0.449 e. The molecule has 1 aromatic heterocycles. The summed E-state index contributed by atoms with van der Waals surface area (Å²) in [4.78, 5) is 33.4. The number of nitrogens with one attached hydrogen (secondary N) is 2. The monoisotopic (exact) mass is 441 g/mol. The summed E-state index contributed by atoms with van der Waals surface area (Å²) >= 11 is 0. The Hall–Kier alpha value is -3.93. The van der Waals surface area contributed by atoms with Crippen molar-refractivity contribution in [3.63, 3.8) is 0 Å². The average Bonchev–Trinajstić information content (AvgIpc) is 3.23. The maximum Gasteiger partial charge on any atom is 0.338 e. The lowest BCUT2D eigenvalue weighted by molar-refractivity contribution is -0.124. The van der Waals surface area contributed by atoms with Crippen LogP contribution in [-0.4, -0.2) is 27.9 Å². The number of amides is 1. The molecule has 4 rings (SSSR count). The van der Waals surface area contributed by atoms with Crippen LogP contribution in [0.1, 0.15) is 40.4 Å². The van der Waals surface area contributed by atoms with Gasteiger partial charge in [0.15, 0.2) is 6.10 Å². The third-order valence-electron chi connectivity index (χ3n) is 5.73. The molecule has 1 heterocycles. The van der Waals surface area contributed by atoms with Crippen LogP contribution in [-0.2, 0) is 9.53 Å². The van der Waals surface area contributed by atoms with Gasteiger partial charge in [0.2, 0.25) is 0 Å². The van der Waals surface area contributed by atoms with E-state index in [4.69, 9.17) is 4.74 Å². The lowest BCUT2D eigenvalue weighted by Crippen LogP contribution is -2.32.